The molecule has 3 nitrogen and oxygen atoms in total. The maximum atomic E-state index is 5.85. The van der Waals surface area contributed by atoms with Gasteiger partial charge in [-0.1, -0.05) is 64.7 Å². The number of unbranched alkanes of at least 4 members (excludes halogenated alkanes) is 9. The molecule has 4 N–H and O–H groups in total. The van der Waals surface area contributed by atoms with E-state index in [1.807, 2.05) is 12.1 Å². The molecule has 136 valence electrons. The molecule has 0 bridgehead atoms. The number of nitrogen functional groups attached to an aromatic ring is 2. The molecular weight excluding hydrogens is 331 g/mol. The van der Waals surface area contributed by atoms with Gasteiger partial charge >= 0.3 is 0 Å². The first kappa shape index (κ1) is 24.5. The van der Waals surface area contributed by atoms with Crippen molar-refractivity contribution in [2.75, 3.05) is 18.1 Å². The zero-order valence-corrected chi connectivity index (χ0v) is 16.0. The van der Waals surface area contributed by atoms with Crippen molar-refractivity contribution in [2.45, 2.75) is 71.1 Å². The van der Waals surface area contributed by atoms with Crippen LogP contribution in [0.3, 0.4) is 0 Å². The molecule has 1 aromatic rings. The number of rotatable bonds is 12. The van der Waals surface area contributed by atoms with Gasteiger partial charge in [-0.3, -0.25) is 0 Å². The van der Waals surface area contributed by atoms with E-state index in [-0.39, 0.29) is 24.8 Å². The van der Waals surface area contributed by atoms with Crippen molar-refractivity contribution in [3.05, 3.63) is 18.2 Å². The van der Waals surface area contributed by atoms with Crippen molar-refractivity contribution in [1.82, 2.24) is 0 Å². The molecule has 0 amide bonds. The van der Waals surface area contributed by atoms with E-state index in [9.17, 15) is 0 Å². The summed E-state index contributed by atoms with van der Waals surface area (Å²) in [6, 6.07) is 5.42. The third-order valence-electron chi connectivity index (χ3n) is 3.79. The fraction of sp³-hybridized carbons (Fsp3) is 0.667. The van der Waals surface area contributed by atoms with Crippen LogP contribution < -0.4 is 16.2 Å². The summed E-state index contributed by atoms with van der Waals surface area (Å²) in [4.78, 5) is 0. The molecule has 0 aromatic heterocycles. The van der Waals surface area contributed by atoms with E-state index < -0.39 is 0 Å². The third kappa shape index (κ3) is 12.3. The topological polar surface area (TPSA) is 61.3 Å². The summed E-state index contributed by atoms with van der Waals surface area (Å²) in [7, 11) is 0. The first-order chi connectivity index (χ1) is 10.2. The molecule has 1 aromatic carbocycles. The fourth-order valence-corrected chi connectivity index (χ4v) is 2.47. The van der Waals surface area contributed by atoms with Crippen LogP contribution in [0.2, 0.25) is 0 Å². The number of hydrogen-bond donors (Lipinski definition) is 2. The van der Waals surface area contributed by atoms with E-state index in [1.165, 1.54) is 57.8 Å². The molecule has 1 rings (SSSR count). The standard InChI is InChI=1S/C18H32N2O.2ClH/c1-2-3-4-5-6-7-8-9-10-11-14-21-18-13-12-16(19)15-17(18)20;;/h12-13,15H,2-11,14,19-20H2,1H3;2*1H. The van der Waals surface area contributed by atoms with Crippen LogP contribution >= 0.6 is 24.8 Å². The Labute approximate surface area is 154 Å². The van der Waals surface area contributed by atoms with Crippen LogP contribution in [0.1, 0.15) is 71.1 Å². The minimum absolute atomic E-state index is 0. The van der Waals surface area contributed by atoms with Gasteiger partial charge in [0.15, 0.2) is 0 Å². The molecule has 0 aliphatic rings. The zero-order valence-electron chi connectivity index (χ0n) is 14.4. The molecule has 0 saturated heterocycles. The van der Waals surface area contributed by atoms with Gasteiger partial charge in [0.1, 0.15) is 5.75 Å². The summed E-state index contributed by atoms with van der Waals surface area (Å²) in [5, 5.41) is 0. The average Bonchev–Trinajstić information content (AvgIpc) is 2.46. The largest absolute Gasteiger partial charge is 0.491 e. The van der Waals surface area contributed by atoms with Crippen LogP contribution in [-0.4, -0.2) is 6.61 Å². The van der Waals surface area contributed by atoms with Gasteiger partial charge in [-0.25, -0.2) is 0 Å². The van der Waals surface area contributed by atoms with E-state index in [4.69, 9.17) is 16.2 Å². The van der Waals surface area contributed by atoms with Crippen LogP contribution in [0.4, 0.5) is 11.4 Å². The minimum Gasteiger partial charge on any atom is -0.491 e. The van der Waals surface area contributed by atoms with Gasteiger partial charge in [0, 0.05) is 5.69 Å². The highest BCUT2D eigenvalue weighted by Gasteiger charge is 2.00. The zero-order chi connectivity index (χ0) is 15.3. The Hall–Kier alpha value is -0.800. The minimum atomic E-state index is 0. The second-order valence-electron chi connectivity index (χ2n) is 5.83. The monoisotopic (exact) mass is 364 g/mol. The van der Waals surface area contributed by atoms with Crippen LogP contribution in [0.25, 0.3) is 0 Å². The lowest BCUT2D eigenvalue weighted by atomic mass is 10.1. The predicted octanol–water partition coefficient (Wildman–Crippen LogP) is 5.99. The number of nitrogens with two attached hydrogens (primary N) is 2. The number of halogens is 2. The van der Waals surface area contributed by atoms with Gasteiger partial charge in [0.05, 0.1) is 12.3 Å². The Balaban J connectivity index is 0. The van der Waals surface area contributed by atoms with E-state index in [1.54, 1.807) is 6.07 Å². The molecule has 5 heteroatoms. The lowest BCUT2D eigenvalue weighted by Gasteiger charge is -2.09. The lowest BCUT2D eigenvalue weighted by Crippen LogP contribution is -2.01. The molecule has 0 aliphatic heterocycles. The van der Waals surface area contributed by atoms with Crippen LogP contribution in [0.15, 0.2) is 18.2 Å². The average molecular weight is 365 g/mol. The van der Waals surface area contributed by atoms with Gasteiger partial charge in [-0.05, 0) is 24.6 Å². The highest BCUT2D eigenvalue weighted by molar-refractivity contribution is 5.85. The number of benzene rings is 1. The van der Waals surface area contributed by atoms with Gasteiger partial charge in [0.2, 0.25) is 0 Å². The van der Waals surface area contributed by atoms with E-state index >= 15 is 0 Å². The Morgan fingerprint density at radius 2 is 1.30 bits per heavy atom. The van der Waals surface area contributed by atoms with Gasteiger partial charge in [-0.15, -0.1) is 24.8 Å². The number of hydrogen-bond acceptors (Lipinski definition) is 3. The summed E-state index contributed by atoms with van der Waals surface area (Å²) in [5.41, 5.74) is 12.8. The molecule has 0 saturated carbocycles. The first-order valence-corrected chi connectivity index (χ1v) is 8.52. The molecule has 0 fully saturated rings. The molecule has 0 radical (unpaired) electrons. The second-order valence-corrected chi connectivity index (χ2v) is 5.83. The van der Waals surface area contributed by atoms with E-state index in [2.05, 4.69) is 6.92 Å². The summed E-state index contributed by atoms with van der Waals surface area (Å²) in [6.45, 7) is 3.00. The first-order valence-electron chi connectivity index (χ1n) is 8.52. The van der Waals surface area contributed by atoms with Crippen LogP contribution in [0.5, 0.6) is 5.75 Å². The Kier molecular flexibility index (Phi) is 17.1. The third-order valence-corrected chi connectivity index (χ3v) is 3.79. The summed E-state index contributed by atoms with van der Waals surface area (Å²) >= 11 is 0. The lowest BCUT2D eigenvalue weighted by molar-refractivity contribution is 0.306. The Bertz CT molecular complexity index is 389. The van der Waals surface area contributed by atoms with E-state index in [0.717, 1.165) is 18.8 Å². The van der Waals surface area contributed by atoms with Crippen molar-refractivity contribution in [2.24, 2.45) is 0 Å². The maximum Gasteiger partial charge on any atom is 0.142 e. The maximum absolute atomic E-state index is 5.85. The Morgan fingerprint density at radius 3 is 1.83 bits per heavy atom. The van der Waals surface area contributed by atoms with Crippen molar-refractivity contribution in [3.63, 3.8) is 0 Å². The second kappa shape index (κ2) is 16.1. The van der Waals surface area contributed by atoms with Crippen LogP contribution in [0, 0.1) is 0 Å². The molecule has 0 atom stereocenters. The molecule has 0 unspecified atom stereocenters. The summed E-state index contributed by atoms with van der Waals surface area (Å²) in [6.07, 6.45) is 13.3. The van der Waals surface area contributed by atoms with Gasteiger partial charge in [0.25, 0.3) is 0 Å². The SMILES string of the molecule is CCCCCCCCCCCCOc1ccc(N)cc1N.Cl.Cl. The van der Waals surface area contributed by atoms with Crippen molar-refractivity contribution < 1.29 is 4.74 Å². The van der Waals surface area contributed by atoms with Crippen molar-refractivity contribution in [1.29, 1.82) is 0 Å². The summed E-state index contributed by atoms with van der Waals surface area (Å²) in [5.74, 6) is 0.750. The summed E-state index contributed by atoms with van der Waals surface area (Å²) < 4.78 is 5.68. The molecule has 0 spiro atoms. The van der Waals surface area contributed by atoms with Gasteiger partial charge in [-0.2, -0.15) is 0 Å². The Morgan fingerprint density at radius 1 is 0.783 bits per heavy atom. The molecular formula is C18H34Cl2N2O. The predicted molar refractivity (Wildman–Crippen MR) is 107 cm³/mol. The highest BCUT2D eigenvalue weighted by atomic mass is 35.5. The fourth-order valence-electron chi connectivity index (χ4n) is 2.47. The smallest absolute Gasteiger partial charge is 0.142 e. The highest BCUT2D eigenvalue weighted by Crippen LogP contribution is 2.23. The quantitative estimate of drug-likeness (QED) is 0.353. The van der Waals surface area contributed by atoms with E-state index in [0.29, 0.717) is 11.4 Å². The van der Waals surface area contributed by atoms with Crippen LogP contribution in [-0.2, 0) is 0 Å². The molecule has 23 heavy (non-hydrogen) atoms. The normalized spacial score (nSPS) is 9.78. The number of anilines is 2. The number of ether oxygens (including phenoxy) is 1. The van der Waals surface area contributed by atoms with Gasteiger partial charge < -0.3 is 16.2 Å². The molecule has 0 aliphatic carbocycles. The van der Waals surface area contributed by atoms with Crippen molar-refractivity contribution >= 4 is 36.2 Å². The van der Waals surface area contributed by atoms with Crippen molar-refractivity contribution in [3.8, 4) is 5.75 Å². The molecule has 0 heterocycles.